The van der Waals surface area contributed by atoms with Crippen molar-refractivity contribution in [3.8, 4) is 11.5 Å². The quantitative estimate of drug-likeness (QED) is 0.798. The zero-order valence-corrected chi connectivity index (χ0v) is 12.5. The molecular formula is C16H16O3S. The van der Waals surface area contributed by atoms with Gasteiger partial charge in [-0.3, -0.25) is 4.79 Å². The van der Waals surface area contributed by atoms with E-state index in [1.54, 1.807) is 14.2 Å². The first kappa shape index (κ1) is 14.5. The van der Waals surface area contributed by atoms with Gasteiger partial charge in [0.1, 0.15) is 0 Å². The van der Waals surface area contributed by atoms with Crippen LogP contribution in [0.15, 0.2) is 47.4 Å². The van der Waals surface area contributed by atoms with Gasteiger partial charge in [-0.2, -0.15) is 0 Å². The summed E-state index contributed by atoms with van der Waals surface area (Å²) in [6.45, 7) is 1.93. The maximum absolute atomic E-state index is 12.2. The third-order valence-electron chi connectivity index (χ3n) is 2.86. The van der Waals surface area contributed by atoms with Gasteiger partial charge in [0.2, 0.25) is 5.12 Å². The predicted octanol–water partition coefficient (Wildman–Crippen LogP) is 3.94. The van der Waals surface area contributed by atoms with E-state index >= 15 is 0 Å². The fourth-order valence-corrected chi connectivity index (χ4v) is 2.79. The van der Waals surface area contributed by atoms with Gasteiger partial charge in [0.15, 0.2) is 11.5 Å². The molecule has 0 saturated heterocycles. The summed E-state index contributed by atoms with van der Waals surface area (Å²) < 4.78 is 10.6. The lowest BCUT2D eigenvalue weighted by molar-refractivity contribution is 0.108. The Labute approximate surface area is 122 Å². The highest BCUT2D eigenvalue weighted by atomic mass is 32.2. The zero-order chi connectivity index (χ0) is 14.5. The van der Waals surface area contributed by atoms with Gasteiger partial charge in [0, 0.05) is 10.5 Å². The van der Waals surface area contributed by atoms with Gasteiger partial charge in [0.25, 0.3) is 0 Å². The molecule has 0 bridgehead atoms. The molecule has 0 spiro atoms. The number of ether oxygens (including phenoxy) is 2. The average molecular weight is 288 g/mol. The number of carbonyl (C=O) groups excluding carboxylic acids is 1. The molecule has 2 aromatic carbocycles. The van der Waals surface area contributed by atoms with Gasteiger partial charge in [-0.15, -0.1) is 0 Å². The molecule has 20 heavy (non-hydrogen) atoms. The monoisotopic (exact) mass is 288 g/mol. The van der Waals surface area contributed by atoms with Crippen LogP contribution in [0, 0.1) is 6.92 Å². The molecule has 2 aromatic rings. The second-order valence-corrected chi connectivity index (χ2v) is 5.28. The Morgan fingerprint density at radius 3 is 2.35 bits per heavy atom. The summed E-state index contributed by atoms with van der Waals surface area (Å²) in [6.07, 6.45) is 0. The van der Waals surface area contributed by atoms with Crippen LogP contribution in [0.3, 0.4) is 0 Å². The molecule has 0 atom stereocenters. The van der Waals surface area contributed by atoms with E-state index in [-0.39, 0.29) is 5.12 Å². The van der Waals surface area contributed by atoms with Crippen LogP contribution in [-0.2, 0) is 0 Å². The lowest BCUT2D eigenvalue weighted by Crippen LogP contribution is -1.96. The Balaban J connectivity index is 2.26. The van der Waals surface area contributed by atoms with Gasteiger partial charge in [-0.25, -0.2) is 0 Å². The number of methoxy groups -OCH3 is 2. The first-order valence-corrected chi connectivity index (χ1v) is 6.97. The minimum atomic E-state index is 0.0113. The third-order valence-corrected chi connectivity index (χ3v) is 3.75. The SMILES string of the molecule is COc1cc(SC(=O)c2ccccc2)cc(C)c1OC. The van der Waals surface area contributed by atoms with Crippen LogP contribution in [0.1, 0.15) is 15.9 Å². The van der Waals surface area contributed by atoms with Crippen LogP contribution < -0.4 is 9.47 Å². The molecule has 0 unspecified atom stereocenters. The summed E-state index contributed by atoms with van der Waals surface area (Å²) in [4.78, 5) is 13.0. The van der Waals surface area contributed by atoms with Crippen molar-refractivity contribution in [3.63, 3.8) is 0 Å². The van der Waals surface area contributed by atoms with Crippen LogP contribution in [0.25, 0.3) is 0 Å². The summed E-state index contributed by atoms with van der Waals surface area (Å²) in [6, 6.07) is 13.0. The maximum Gasteiger partial charge on any atom is 0.224 e. The van der Waals surface area contributed by atoms with Crippen molar-refractivity contribution in [3.05, 3.63) is 53.6 Å². The first-order valence-electron chi connectivity index (χ1n) is 6.15. The van der Waals surface area contributed by atoms with Crippen molar-refractivity contribution in [2.45, 2.75) is 11.8 Å². The standard InChI is InChI=1S/C16H16O3S/c1-11-9-13(10-14(18-2)15(11)19-3)20-16(17)12-7-5-4-6-8-12/h4-10H,1-3H3. The number of thioether (sulfide) groups is 1. The van der Waals surface area contributed by atoms with Gasteiger partial charge in [0.05, 0.1) is 14.2 Å². The van der Waals surface area contributed by atoms with E-state index in [0.717, 1.165) is 10.5 Å². The molecule has 3 nitrogen and oxygen atoms in total. The molecule has 4 heteroatoms. The van der Waals surface area contributed by atoms with E-state index in [2.05, 4.69) is 0 Å². The minimum Gasteiger partial charge on any atom is -0.493 e. The van der Waals surface area contributed by atoms with Crippen molar-refractivity contribution < 1.29 is 14.3 Å². The largest absolute Gasteiger partial charge is 0.493 e. The molecule has 0 heterocycles. The van der Waals surface area contributed by atoms with E-state index in [9.17, 15) is 4.79 Å². The van der Waals surface area contributed by atoms with Crippen molar-refractivity contribution in [1.29, 1.82) is 0 Å². The van der Waals surface area contributed by atoms with Crippen LogP contribution in [0.4, 0.5) is 0 Å². The molecule has 0 N–H and O–H groups in total. The fourth-order valence-electron chi connectivity index (χ4n) is 1.92. The van der Waals surface area contributed by atoms with Crippen molar-refractivity contribution >= 4 is 16.9 Å². The zero-order valence-electron chi connectivity index (χ0n) is 11.7. The molecule has 0 aliphatic rings. The highest BCUT2D eigenvalue weighted by molar-refractivity contribution is 8.14. The Morgan fingerprint density at radius 2 is 1.75 bits per heavy atom. The Hall–Kier alpha value is -1.94. The Morgan fingerprint density at radius 1 is 1.05 bits per heavy atom. The number of carbonyl (C=O) groups is 1. The van der Waals surface area contributed by atoms with E-state index in [1.165, 1.54) is 11.8 Å². The highest BCUT2D eigenvalue weighted by Crippen LogP contribution is 2.36. The van der Waals surface area contributed by atoms with Crippen LogP contribution in [0.2, 0.25) is 0 Å². The van der Waals surface area contributed by atoms with Crippen LogP contribution >= 0.6 is 11.8 Å². The number of benzene rings is 2. The predicted molar refractivity (Wildman–Crippen MR) is 80.9 cm³/mol. The van der Waals surface area contributed by atoms with Gasteiger partial charge in [-0.1, -0.05) is 30.3 Å². The smallest absolute Gasteiger partial charge is 0.224 e. The molecular weight excluding hydrogens is 272 g/mol. The summed E-state index contributed by atoms with van der Waals surface area (Å²) in [5.41, 5.74) is 1.63. The number of rotatable bonds is 4. The molecule has 0 aliphatic carbocycles. The van der Waals surface area contributed by atoms with Gasteiger partial charge < -0.3 is 9.47 Å². The highest BCUT2D eigenvalue weighted by Gasteiger charge is 2.13. The molecule has 0 radical (unpaired) electrons. The number of hydrogen-bond donors (Lipinski definition) is 0. The Bertz CT molecular complexity index is 609. The first-order chi connectivity index (χ1) is 9.65. The van der Waals surface area contributed by atoms with Crippen LogP contribution in [-0.4, -0.2) is 19.3 Å². The second kappa shape index (κ2) is 6.48. The van der Waals surface area contributed by atoms with Gasteiger partial charge >= 0.3 is 0 Å². The van der Waals surface area contributed by atoms with Crippen molar-refractivity contribution in [2.24, 2.45) is 0 Å². The molecule has 2 rings (SSSR count). The number of hydrogen-bond acceptors (Lipinski definition) is 4. The molecule has 0 saturated carbocycles. The summed E-state index contributed by atoms with van der Waals surface area (Å²) in [5, 5.41) is 0.0113. The normalized spacial score (nSPS) is 10.2. The van der Waals surface area contributed by atoms with Crippen molar-refractivity contribution in [2.75, 3.05) is 14.2 Å². The van der Waals surface area contributed by atoms with Crippen LogP contribution in [0.5, 0.6) is 11.5 Å². The molecule has 0 amide bonds. The average Bonchev–Trinajstić information content (AvgIpc) is 2.47. The fraction of sp³-hybridized carbons (Fsp3) is 0.188. The number of aryl methyl sites for hydroxylation is 1. The van der Waals surface area contributed by atoms with E-state index in [1.807, 2.05) is 49.4 Å². The van der Waals surface area contributed by atoms with E-state index in [4.69, 9.17) is 9.47 Å². The second-order valence-electron chi connectivity index (χ2n) is 4.23. The third kappa shape index (κ3) is 3.14. The maximum atomic E-state index is 12.2. The molecule has 0 fully saturated rings. The minimum absolute atomic E-state index is 0.0113. The lowest BCUT2D eigenvalue weighted by atomic mass is 10.2. The summed E-state index contributed by atoms with van der Waals surface area (Å²) in [7, 11) is 3.19. The molecule has 0 aliphatic heterocycles. The van der Waals surface area contributed by atoms with E-state index < -0.39 is 0 Å². The Kier molecular flexibility index (Phi) is 4.69. The summed E-state index contributed by atoms with van der Waals surface area (Å²) in [5.74, 6) is 1.33. The van der Waals surface area contributed by atoms with Gasteiger partial charge in [-0.05, 0) is 36.4 Å². The summed E-state index contributed by atoms with van der Waals surface area (Å²) >= 11 is 1.19. The lowest BCUT2D eigenvalue weighted by Gasteiger charge is -2.12. The van der Waals surface area contributed by atoms with E-state index in [0.29, 0.717) is 17.1 Å². The topological polar surface area (TPSA) is 35.5 Å². The molecule has 104 valence electrons. The van der Waals surface area contributed by atoms with Crippen molar-refractivity contribution in [1.82, 2.24) is 0 Å². The molecule has 0 aromatic heterocycles.